The molecule has 0 fully saturated rings. The van der Waals surface area contributed by atoms with Crippen LogP contribution in [0.25, 0.3) is 5.52 Å². The number of rotatable bonds is 1. The number of aryl methyl sites for hydroxylation is 1. The van der Waals surface area contributed by atoms with E-state index in [-0.39, 0.29) is 23.5 Å². The van der Waals surface area contributed by atoms with Gasteiger partial charge in [0.2, 0.25) is 0 Å². The number of pyridine rings is 2. The Morgan fingerprint density at radius 1 is 1.41 bits per heavy atom. The third kappa shape index (κ3) is 2.14. The van der Waals surface area contributed by atoms with Crippen LogP contribution in [0.1, 0.15) is 15.9 Å². The number of hydrogen-bond acceptors (Lipinski definition) is 2. The summed E-state index contributed by atoms with van der Waals surface area (Å²) < 4.78 is 14.1. The Labute approximate surface area is 102 Å². The van der Waals surface area contributed by atoms with Crippen molar-refractivity contribution < 1.29 is 14.3 Å². The van der Waals surface area contributed by atoms with E-state index in [1.165, 1.54) is 12.1 Å². The zero-order valence-corrected chi connectivity index (χ0v) is 9.62. The Hall–Kier alpha value is -1.88. The van der Waals surface area contributed by atoms with Gasteiger partial charge in [-0.1, -0.05) is 0 Å². The van der Waals surface area contributed by atoms with E-state index in [0.29, 0.717) is 5.56 Å². The molecule has 0 bridgehead atoms. The smallest absolute Gasteiger partial charge is 0.337 e. The molecule has 0 saturated heterocycles. The van der Waals surface area contributed by atoms with E-state index in [1.54, 1.807) is 6.92 Å². The molecule has 0 aromatic carbocycles. The van der Waals surface area contributed by atoms with Crippen molar-refractivity contribution in [3.63, 3.8) is 0 Å². The van der Waals surface area contributed by atoms with Crippen LogP contribution in [-0.2, 0) is 0 Å². The average molecular weight is 258 g/mol. The lowest BCUT2D eigenvalue weighted by atomic mass is 10.1. The molecular weight excluding hydrogens is 249 g/mol. The SMILES string of the molecule is Cc1cc(F)cn2c(=O)ccc(C(=O)O)c12.Cl. The molecule has 2 rings (SSSR count). The highest BCUT2D eigenvalue weighted by Gasteiger charge is 2.12. The van der Waals surface area contributed by atoms with Gasteiger partial charge >= 0.3 is 5.97 Å². The molecule has 2 aromatic heterocycles. The maximum absolute atomic E-state index is 13.1. The summed E-state index contributed by atoms with van der Waals surface area (Å²) in [7, 11) is 0. The number of aromatic nitrogens is 1. The normalized spacial score (nSPS) is 10.0. The predicted octanol–water partition coefficient (Wildman–Crippen LogP) is 1.87. The van der Waals surface area contributed by atoms with E-state index in [0.717, 1.165) is 16.7 Å². The van der Waals surface area contributed by atoms with Crippen LogP contribution in [0.4, 0.5) is 4.39 Å². The molecule has 2 aromatic rings. The monoisotopic (exact) mass is 257 g/mol. The molecule has 0 unspecified atom stereocenters. The third-order valence-electron chi connectivity index (χ3n) is 2.34. The molecule has 2 heterocycles. The quantitative estimate of drug-likeness (QED) is 0.848. The number of halogens is 2. The summed E-state index contributed by atoms with van der Waals surface area (Å²) in [5.41, 5.74) is 0.163. The van der Waals surface area contributed by atoms with Gasteiger partial charge in [0.15, 0.2) is 0 Å². The number of fused-ring (bicyclic) bond motifs is 1. The summed E-state index contributed by atoms with van der Waals surface area (Å²) in [5.74, 6) is -1.72. The van der Waals surface area contributed by atoms with Crippen molar-refractivity contribution in [1.29, 1.82) is 0 Å². The molecular formula is C11H9ClFNO3. The molecule has 0 saturated carbocycles. The molecule has 17 heavy (non-hydrogen) atoms. The van der Waals surface area contributed by atoms with Crippen molar-refractivity contribution in [1.82, 2.24) is 4.40 Å². The molecule has 0 amide bonds. The fourth-order valence-corrected chi connectivity index (χ4v) is 1.69. The van der Waals surface area contributed by atoms with Crippen LogP contribution in [0.15, 0.2) is 29.2 Å². The number of carbonyl (C=O) groups is 1. The Kier molecular flexibility index (Phi) is 3.53. The molecule has 1 N–H and O–H groups in total. The molecule has 0 atom stereocenters. The average Bonchev–Trinajstić information content (AvgIpc) is 2.19. The maximum Gasteiger partial charge on any atom is 0.337 e. The van der Waals surface area contributed by atoms with Gasteiger partial charge in [-0.15, -0.1) is 12.4 Å². The van der Waals surface area contributed by atoms with Gasteiger partial charge in [-0.05, 0) is 24.6 Å². The Balaban J connectivity index is 0.00000144. The molecule has 4 nitrogen and oxygen atoms in total. The zero-order valence-electron chi connectivity index (χ0n) is 8.81. The Bertz CT molecular complexity index is 651. The largest absolute Gasteiger partial charge is 0.478 e. The first-order chi connectivity index (χ1) is 7.50. The Morgan fingerprint density at radius 3 is 2.65 bits per heavy atom. The second-order valence-corrected chi connectivity index (χ2v) is 3.45. The van der Waals surface area contributed by atoms with Gasteiger partial charge in [0.25, 0.3) is 5.56 Å². The standard InChI is InChI=1S/C11H8FNO3.ClH/c1-6-4-7(12)5-13-9(14)3-2-8(10(6)13)11(15)16;/h2-5H,1H3,(H,15,16);1H. The van der Waals surface area contributed by atoms with Crippen molar-refractivity contribution in [2.75, 3.05) is 0 Å². The summed E-state index contributed by atoms with van der Waals surface area (Å²) in [4.78, 5) is 22.4. The highest BCUT2D eigenvalue weighted by molar-refractivity contribution is 5.96. The van der Waals surface area contributed by atoms with Crippen LogP contribution < -0.4 is 5.56 Å². The van der Waals surface area contributed by atoms with Crippen molar-refractivity contribution in [2.45, 2.75) is 6.92 Å². The fourth-order valence-electron chi connectivity index (χ4n) is 1.69. The topological polar surface area (TPSA) is 58.8 Å². The number of carboxylic acid groups (broad SMARTS) is 1. The van der Waals surface area contributed by atoms with Crippen LogP contribution in [0.3, 0.4) is 0 Å². The second kappa shape index (κ2) is 4.55. The summed E-state index contributed by atoms with van der Waals surface area (Å²) >= 11 is 0. The van der Waals surface area contributed by atoms with Gasteiger partial charge in [-0.2, -0.15) is 0 Å². The van der Waals surface area contributed by atoms with Crippen molar-refractivity contribution >= 4 is 23.9 Å². The van der Waals surface area contributed by atoms with E-state index >= 15 is 0 Å². The van der Waals surface area contributed by atoms with Crippen molar-refractivity contribution in [3.8, 4) is 0 Å². The number of carboxylic acids is 1. The minimum atomic E-state index is -1.15. The van der Waals surface area contributed by atoms with Gasteiger partial charge in [0.1, 0.15) is 5.82 Å². The number of nitrogens with zero attached hydrogens (tertiary/aromatic N) is 1. The minimum absolute atomic E-state index is 0. The first kappa shape index (κ1) is 13.2. The molecule has 0 aliphatic carbocycles. The number of aromatic carboxylic acids is 1. The van der Waals surface area contributed by atoms with Crippen LogP contribution in [0, 0.1) is 12.7 Å². The predicted molar refractivity (Wildman–Crippen MR) is 62.6 cm³/mol. The molecule has 0 aliphatic heterocycles. The van der Waals surface area contributed by atoms with Gasteiger partial charge in [-0.3, -0.25) is 9.20 Å². The minimum Gasteiger partial charge on any atom is -0.478 e. The molecule has 0 aliphatic rings. The van der Waals surface area contributed by atoms with Crippen LogP contribution in [-0.4, -0.2) is 15.5 Å². The van der Waals surface area contributed by atoms with Crippen molar-refractivity contribution in [2.24, 2.45) is 0 Å². The summed E-state index contributed by atoms with van der Waals surface area (Å²) in [6.07, 6.45) is 0.983. The molecule has 0 radical (unpaired) electrons. The third-order valence-corrected chi connectivity index (χ3v) is 2.34. The van der Waals surface area contributed by atoms with E-state index in [2.05, 4.69) is 0 Å². The first-order valence-corrected chi connectivity index (χ1v) is 4.55. The van der Waals surface area contributed by atoms with Gasteiger partial charge in [0, 0.05) is 12.3 Å². The molecule has 6 heteroatoms. The fraction of sp³-hybridized carbons (Fsp3) is 0.0909. The zero-order chi connectivity index (χ0) is 11.9. The van der Waals surface area contributed by atoms with Gasteiger partial charge in [-0.25, -0.2) is 9.18 Å². The highest BCUT2D eigenvalue weighted by Crippen LogP contribution is 2.15. The van der Waals surface area contributed by atoms with Gasteiger partial charge in [0.05, 0.1) is 11.1 Å². The van der Waals surface area contributed by atoms with Gasteiger partial charge < -0.3 is 5.11 Å². The lowest BCUT2D eigenvalue weighted by Gasteiger charge is -2.07. The summed E-state index contributed by atoms with van der Waals surface area (Å²) in [6, 6.07) is 3.53. The lowest BCUT2D eigenvalue weighted by Crippen LogP contribution is -2.16. The van der Waals surface area contributed by atoms with E-state index in [4.69, 9.17) is 5.11 Å². The van der Waals surface area contributed by atoms with E-state index in [9.17, 15) is 14.0 Å². The van der Waals surface area contributed by atoms with Crippen LogP contribution >= 0.6 is 12.4 Å². The van der Waals surface area contributed by atoms with Crippen LogP contribution in [0.2, 0.25) is 0 Å². The number of hydrogen-bond donors (Lipinski definition) is 1. The first-order valence-electron chi connectivity index (χ1n) is 4.55. The molecule has 0 spiro atoms. The van der Waals surface area contributed by atoms with Crippen molar-refractivity contribution in [3.05, 3.63) is 51.7 Å². The second-order valence-electron chi connectivity index (χ2n) is 3.45. The Morgan fingerprint density at radius 2 is 2.06 bits per heavy atom. The summed E-state index contributed by atoms with van der Waals surface area (Å²) in [6.45, 7) is 1.56. The van der Waals surface area contributed by atoms with Crippen LogP contribution in [0.5, 0.6) is 0 Å². The summed E-state index contributed by atoms with van der Waals surface area (Å²) in [5, 5.41) is 8.96. The maximum atomic E-state index is 13.1. The molecule has 90 valence electrons. The van der Waals surface area contributed by atoms with E-state index < -0.39 is 17.3 Å². The van der Waals surface area contributed by atoms with E-state index in [1.807, 2.05) is 0 Å². The highest BCUT2D eigenvalue weighted by atomic mass is 35.5. The lowest BCUT2D eigenvalue weighted by molar-refractivity contribution is 0.0698.